The van der Waals surface area contributed by atoms with Gasteiger partial charge in [0.25, 0.3) is 0 Å². The average Bonchev–Trinajstić information content (AvgIpc) is 2.82. The van der Waals surface area contributed by atoms with Gasteiger partial charge in [0.2, 0.25) is 11.9 Å². The second kappa shape index (κ2) is 9.70. The summed E-state index contributed by atoms with van der Waals surface area (Å²) < 4.78 is 11.0. The molecule has 0 unspecified atom stereocenters. The van der Waals surface area contributed by atoms with E-state index < -0.39 is 0 Å². The standard InChI is InChI=1S/C24H27N7O3/c1-14(32)27-17-5-4-6-31(13-17)23-19-10-21(33-2)22(34-3)11-20(19)29-24(30-23)28-18-8-15(12-25)7-16(26)9-18/h7-11,17H,4-6,13,26H2,1-3H3,(H,27,32)(H,28,29,30)/t17-/m1/s1. The predicted molar refractivity (Wildman–Crippen MR) is 131 cm³/mol. The van der Waals surface area contributed by atoms with E-state index in [1.807, 2.05) is 6.07 Å². The molecule has 0 bridgehead atoms. The summed E-state index contributed by atoms with van der Waals surface area (Å²) in [5, 5.41) is 16.3. The molecule has 34 heavy (non-hydrogen) atoms. The van der Waals surface area contributed by atoms with E-state index >= 15 is 0 Å². The molecule has 0 saturated carbocycles. The Morgan fingerprint density at radius 2 is 1.94 bits per heavy atom. The topological polar surface area (TPSA) is 138 Å². The van der Waals surface area contributed by atoms with Crippen molar-refractivity contribution >= 4 is 40.0 Å². The lowest BCUT2D eigenvalue weighted by molar-refractivity contribution is -0.119. The highest BCUT2D eigenvalue weighted by atomic mass is 16.5. The number of hydrogen-bond donors (Lipinski definition) is 3. The van der Waals surface area contributed by atoms with E-state index in [1.54, 1.807) is 38.5 Å². The van der Waals surface area contributed by atoms with E-state index in [9.17, 15) is 10.1 Å². The molecule has 0 spiro atoms. The lowest BCUT2D eigenvalue weighted by Crippen LogP contribution is -2.47. The fraction of sp³-hybridized carbons (Fsp3) is 0.333. The van der Waals surface area contributed by atoms with Crippen LogP contribution in [0.3, 0.4) is 0 Å². The monoisotopic (exact) mass is 461 g/mol. The number of ether oxygens (including phenoxy) is 2. The number of nitrogens with zero attached hydrogens (tertiary/aromatic N) is 4. The minimum atomic E-state index is -0.0527. The number of hydrogen-bond acceptors (Lipinski definition) is 9. The van der Waals surface area contributed by atoms with Crippen LogP contribution >= 0.6 is 0 Å². The molecule has 1 aromatic heterocycles. The number of rotatable bonds is 6. The largest absolute Gasteiger partial charge is 0.493 e. The number of carbonyl (C=O) groups excluding carboxylic acids is 1. The molecule has 1 aliphatic heterocycles. The Bertz CT molecular complexity index is 1270. The number of nitrogen functional groups attached to an aromatic ring is 1. The zero-order valence-corrected chi connectivity index (χ0v) is 19.4. The maximum atomic E-state index is 11.6. The molecule has 10 nitrogen and oxygen atoms in total. The number of nitrogens with one attached hydrogen (secondary N) is 2. The van der Waals surface area contributed by atoms with Gasteiger partial charge >= 0.3 is 0 Å². The quantitative estimate of drug-likeness (QED) is 0.473. The first kappa shape index (κ1) is 22.9. The van der Waals surface area contributed by atoms with Crippen molar-refractivity contribution in [2.75, 3.05) is 43.3 Å². The van der Waals surface area contributed by atoms with Crippen LogP contribution in [0.2, 0.25) is 0 Å². The Morgan fingerprint density at radius 1 is 1.18 bits per heavy atom. The van der Waals surface area contributed by atoms with Crippen molar-refractivity contribution in [3.8, 4) is 17.6 Å². The number of methoxy groups -OCH3 is 2. The maximum absolute atomic E-state index is 11.6. The Labute approximate surface area is 197 Å². The highest BCUT2D eigenvalue weighted by molar-refractivity contribution is 5.93. The molecular weight excluding hydrogens is 434 g/mol. The molecule has 1 aliphatic rings. The number of anilines is 4. The predicted octanol–water partition coefficient (Wildman–Crippen LogP) is 2.95. The first-order valence-electron chi connectivity index (χ1n) is 10.9. The molecule has 2 aromatic carbocycles. The molecule has 1 atom stereocenters. The van der Waals surface area contributed by atoms with Crippen molar-refractivity contribution in [3.05, 3.63) is 35.9 Å². The fourth-order valence-corrected chi connectivity index (χ4v) is 4.23. The SMILES string of the molecule is COc1cc2nc(Nc3cc(N)cc(C#N)c3)nc(N3CCC[C@@H](NC(C)=O)C3)c2cc1OC. The van der Waals surface area contributed by atoms with Crippen molar-refractivity contribution in [1.29, 1.82) is 5.26 Å². The molecule has 0 aliphatic carbocycles. The number of benzene rings is 2. The first-order chi connectivity index (χ1) is 16.4. The van der Waals surface area contributed by atoms with Crippen LogP contribution in [0.15, 0.2) is 30.3 Å². The summed E-state index contributed by atoms with van der Waals surface area (Å²) in [5.74, 6) is 2.14. The number of nitriles is 1. The van der Waals surface area contributed by atoms with Gasteiger partial charge in [0, 0.05) is 48.9 Å². The molecule has 4 rings (SSSR count). The van der Waals surface area contributed by atoms with Crippen LogP contribution in [0, 0.1) is 11.3 Å². The number of piperidine rings is 1. The van der Waals surface area contributed by atoms with Crippen molar-refractivity contribution in [3.63, 3.8) is 0 Å². The van der Waals surface area contributed by atoms with Crippen LogP contribution in [0.25, 0.3) is 10.9 Å². The summed E-state index contributed by atoms with van der Waals surface area (Å²) in [4.78, 5) is 23.3. The molecule has 4 N–H and O–H groups in total. The van der Waals surface area contributed by atoms with E-state index in [0.717, 1.165) is 24.8 Å². The van der Waals surface area contributed by atoms with Crippen molar-refractivity contribution in [2.24, 2.45) is 0 Å². The third-order valence-electron chi connectivity index (χ3n) is 5.65. The Kier molecular flexibility index (Phi) is 6.54. The molecular formula is C24H27N7O3. The van der Waals surface area contributed by atoms with Crippen LogP contribution in [0.5, 0.6) is 11.5 Å². The Balaban J connectivity index is 1.81. The summed E-state index contributed by atoms with van der Waals surface area (Å²) >= 11 is 0. The Hall–Kier alpha value is -4.26. The molecule has 10 heteroatoms. The van der Waals surface area contributed by atoms with Gasteiger partial charge < -0.3 is 30.7 Å². The number of carbonyl (C=O) groups is 1. The molecule has 1 fully saturated rings. The number of nitrogens with two attached hydrogens (primary N) is 1. The first-order valence-corrected chi connectivity index (χ1v) is 10.9. The molecule has 176 valence electrons. The lowest BCUT2D eigenvalue weighted by Gasteiger charge is -2.34. The molecule has 2 heterocycles. The summed E-state index contributed by atoms with van der Waals surface area (Å²) in [7, 11) is 3.16. The zero-order chi connectivity index (χ0) is 24.2. The van der Waals surface area contributed by atoms with E-state index in [2.05, 4.69) is 26.6 Å². The van der Waals surface area contributed by atoms with Crippen molar-refractivity contribution in [2.45, 2.75) is 25.8 Å². The van der Waals surface area contributed by atoms with Crippen LogP contribution in [0.1, 0.15) is 25.3 Å². The van der Waals surface area contributed by atoms with E-state index in [0.29, 0.717) is 52.3 Å². The van der Waals surface area contributed by atoms with Gasteiger partial charge in [-0.3, -0.25) is 4.79 Å². The van der Waals surface area contributed by atoms with Gasteiger partial charge in [-0.25, -0.2) is 4.98 Å². The summed E-state index contributed by atoms with van der Waals surface area (Å²) in [6.45, 7) is 2.93. The van der Waals surface area contributed by atoms with Gasteiger partial charge in [-0.2, -0.15) is 10.2 Å². The molecule has 3 aromatic rings. The van der Waals surface area contributed by atoms with Gasteiger partial charge in [0.1, 0.15) is 5.82 Å². The van der Waals surface area contributed by atoms with E-state index in [4.69, 9.17) is 20.2 Å². The van der Waals surface area contributed by atoms with Gasteiger partial charge in [-0.15, -0.1) is 0 Å². The molecule has 1 amide bonds. The van der Waals surface area contributed by atoms with Gasteiger partial charge in [-0.05, 0) is 37.1 Å². The van der Waals surface area contributed by atoms with Gasteiger partial charge in [0.15, 0.2) is 11.5 Å². The summed E-state index contributed by atoms with van der Waals surface area (Å²) in [6.07, 6.45) is 1.81. The van der Waals surface area contributed by atoms with Crippen LogP contribution in [-0.4, -0.2) is 49.2 Å². The minimum absolute atomic E-state index is 0.0277. The highest BCUT2D eigenvalue weighted by Crippen LogP contribution is 2.37. The summed E-state index contributed by atoms with van der Waals surface area (Å²) in [6, 6.07) is 10.8. The highest BCUT2D eigenvalue weighted by Gasteiger charge is 2.25. The van der Waals surface area contributed by atoms with Gasteiger partial charge in [0.05, 0.1) is 31.4 Å². The van der Waals surface area contributed by atoms with Crippen molar-refractivity contribution in [1.82, 2.24) is 15.3 Å². The van der Waals surface area contributed by atoms with Crippen LogP contribution in [0.4, 0.5) is 23.1 Å². The van der Waals surface area contributed by atoms with Crippen LogP contribution in [-0.2, 0) is 4.79 Å². The number of aromatic nitrogens is 2. The molecule has 1 saturated heterocycles. The minimum Gasteiger partial charge on any atom is -0.493 e. The number of fused-ring (bicyclic) bond motifs is 1. The third kappa shape index (κ3) is 4.88. The smallest absolute Gasteiger partial charge is 0.229 e. The third-order valence-corrected chi connectivity index (χ3v) is 5.65. The van der Waals surface area contributed by atoms with Crippen molar-refractivity contribution < 1.29 is 14.3 Å². The number of amides is 1. The molecule has 0 radical (unpaired) electrons. The average molecular weight is 462 g/mol. The Morgan fingerprint density at radius 3 is 2.65 bits per heavy atom. The van der Waals surface area contributed by atoms with Crippen LogP contribution < -0.4 is 30.7 Å². The summed E-state index contributed by atoms with van der Waals surface area (Å²) in [5.41, 5.74) is 8.11. The van der Waals surface area contributed by atoms with E-state index in [-0.39, 0.29) is 11.9 Å². The van der Waals surface area contributed by atoms with E-state index in [1.165, 1.54) is 6.92 Å². The van der Waals surface area contributed by atoms with Gasteiger partial charge in [-0.1, -0.05) is 0 Å². The maximum Gasteiger partial charge on any atom is 0.229 e. The lowest BCUT2D eigenvalue weighted by atomic mass is 10.0. The normalized spacial score (nSPS) is 15.5. The second-order valence-corrected chi connectivity index (χ2v) is 8.16. The zero-order valence-electron chi connectivity index (χ0n) is 19.4. The second-order valence-electron chi connectivity index (χ2n) is 8.16. The fourth-order valence-electron chi connectivity index (χ4n) is 4.23.